The molecule has 3 rings (SSSR count). The molecule has 0 aliphatic carbocycles. The third kappa shape index (κ3) is 4.15. The highest BCUT2D eigenvalue weighted by Gasteiger charge is 2.40. The molecule has 1 saturated heterocycles. The average molecular weight is 417 g/mol. The molecule has 154 valence electrons. The van der Waals surface area contributed by atoms with E-state index in [-0.39, 0.29) is 22.8 Å². The van der Waals surface area contributed by atoms with E-state index in [4.69, 9.17) is 0 Å². The molecule has 1 amide bonds. The third-order valence-electron chi connectivity index (χ3n) is 5.00. The van der Waals surface area contributed by atoms with E-state index in [9.17, 15) is 23.3 Å². The second-order valence-electron chi connectivity index (χ2n) is 7.30. The van der Waals surface area contributed by atoms with Crippen molar-refractivity contribution in [1.82, 2.24) is 4.31 Å². The number of non-ortho nitro benzene ring substituents is 1. The molecule has 1 aliphatic rings. The number of nitrogens with one attached hydrogen (secondary N) is 1. The fourth-order valence-electron chi connectivity index (χ4n) is 3.90. The van der Waals surface area contributed by atoms with E-state index in [0.29, 0.717) is 24.0 Å². The molecule has 2 aromatic carbocycles. The van der Waals surface area contributed by atoms with Crippen LogP contribution in [0.15, 0.2) is 41.3 Å². The zero-order valence-electron chi connectivity index (χ0n) is 16.5. The van der Waals surface area contributed by atoms with Crippen LogP contribution in [0.25, 0.3) is 0 Å². The summed E-state index contributed by atoms with van der Waals surface area (Å²) in [6, 6.07) is 8.34. The lowest BCUT2D eigenvalue weighted by atomic mass is 10.1. The SMILES string of the molecule is Cc1cc(C)c(S(=O)(=O)N2CCCC2C(=O)Nc2cccc([N+](=O)[O-])c2)c(C)c1. The Morgan fingerprint density at radius 2 is 1.83 bits per heavy atom. The summed E-state index contributed by atoms with van der Waals surface area (Å²) in [6.07, 6.45) is 0.958. The van der Waals surface area contributed by atoms with Crippen LogP contribution in [0.4, 0.5) is 11.4 Å². The number of hydrogen-bond donors (Lipinski definition) is 1. The Labute approximate surface area is 169 Å². The van der Waals surface area contributed by atoms with Gasteiger partial charge in [-0.25, -0.2) is 8.42 Å². The number of amides is 1. The molecular weight excluding hydrogens is 394 g/mol. The summed E-state index contributed by atoms with van der Waals surface area (Å²) in [5.41, 5.74) is 2.38. The predicted molar refractivity (Wildman–Crippen MR) is 109 cm³/mol. The first-order valence-electron chi connectivity index (χ1n) is 9.26. The second-order valence-corrected chi connectivity index (χ2v) is 9.13. The van der Waals surface area contributed by atoms with Crippen LogP contribution in [0.2, 0.25) is 0 Å². The normalized spacial score (nSPS) is 17.3. The fourth-order valence-corrected chi connectivity index (χ4v) is 5.98. The number of carbonyl (C=O) groups excluding carboxylic acids is 1. The van der Waals surface area contributed by atoms with Crippen LogP contribution in [0.3, 0.4) is 0 Å². The highest BCUT2D eigenvalue weighted by Crippen LogP contribution is 2.31. The van der Waals surface area contributed by atoms with Gasteiger partial charge in [0.1, 0.15) is 6.04 Å². The Morgan fingerprint density at radius 1 is 1.17 bits per heavy atom. The zero-order valence-corrected chi connectivity index (χ0v) is 17.3. The van der Waals surface area contributed by atoms with Crippen molar-refractivity contribution >= 4 is 27.3 Å². The first kappa shape index (κ1) is 20.9. The van der Waals surface area contributed by atoms with Crippen molar-refractivity contribution in [2.75, 3.05) is 11.9 Å². The maximum absolute atomic E-state index is 13.4. The lowest BCUT2D eigenvalue weighted by Gasteiger charge is -2.25. The Morgan fingerprint density at radius 3 is 2.45 bits per heavy atom. The molecule has 0 bridgehead atoms. The minimum absolute atomic E-state index is 0.149. The molecule has 9 heteroatoms. The van der Waals surface area contributed by atoms with E-state index in [2.05, 4.69) is 5.32 Å². The molecule has 0 aromatic heterocycles. The van der Waals surface area contributed by atoms with Crippen LogP contribution < -0.4 is 5.32 Å². The number of nitro benzene ring substituents is 1. The number of carbonyl (C=O) groups is 1. The zero-order chi connectivity index (χ0) is 21.3. The van der Waals surface area contributed by atoms with Gasteiger partial charge in [0, 0.05) is 24.4 Å². The van der Waals surface area contributed by atoms with Crippen LogP contribution >= 0.6 is 0 Å². The van der Waals surface area contributed by atoms with Gasteiger partial charge < -0.3 is 5.32 Å². The van der Waals surface area contributed by atoms with E-state index in [1.807, 2.05) is 19.1 Å². The molecule has 8 nitrogen and oxygen atoms in total. The number of aryl methyl sites for hydroxylation is 3. The Balaban J connectivity index is 1.89. The number of nitro groups is 1. The summed E-state index contributed by atoms with van der Waals surface area (Å²) in [7, 11) is -3.86. The average Bonchev–Trinajstić information content (AvgIpc) is 3.11. The van der Waals surface area contributed by atoms with Gasteiger partial charge in [0.05, 0.1) is 9.82 Å². The number of sulfonamides is 1. The molecule has 29 heavy (non-hydrogen) atoms. The van der Waals surface area contributed by atoms with E-state index < -0.39 is 26.9 Å². The highest BCUT2D eigenvalue weighted by atomic mass is 32.2. The van der Waals surface area contributed by atoms with E-state index in [1.165, 1.54) is 28.6 Å². The Hall–Kier alpha value is -2.78. The van der Waals surface area contributed by atoms with Crippen molar-refractivity contribution in [3.05, 3.63) is 63.2 Å². The Bertz CT molecular complexity index is 1060. The van der Waals surface area contributed by atoms with Crippen molar-refractivity contribution in [3.63, 3.8) is 0 Å². The first-order valence-corrected chi connectivity index (χ1v) is 10.7. The lowest BCUT2D eigenvalue weighted by molar-refractivity contribution is -0.384. The maximum atomic E-state index is 13.4. The molecule has 1 atom stereocenters. The summed E-state index contributed by atoms with van der Waals surface area (Å²) in [6.45, 7) is 5.66. The van der Waals surface area contributed by atoms with Gasteiger partial charge in [-0.15, -0.1) is 0 Å². The van der Waals surface area contributed by atoms with Crippen molar-refractivity contribution in [2.45, 2.75) is 44.6 Å². The summed E-state index contributed by atoms with van der Waals surface area (Å²) in [5.74, 6) is -0.492. The van der Waals surface area contributed by atoms with Gasteiger partial charge in [-0.3, -0.25) is 14.9 Å². The van der Waals surface area contributed by atoms with Crippen LogP contribution in [0.5, 0.6) is 0 Å². The van der Waals surface area contributed by atoms with Crippen LogP contribution in [0, 0.1) is 30.9 Å². The van der Waals surface area contributed by atoms with E-state index in [0.717, 1.165) is 5.56 Å². The number of nitrogens with zero attached hydrogens (tertiary/aromatic N) is 2. The minimum Gasteiger partial charge on any atom is -0.324 e. The van der Waals surface area contributed by atoms with Crippen LogP contribution in [-0.4, -0.2) is 36.1 Å². The van der Waals surface area contributed by atoms with Crippen LogP contribution in [-0.2, 0) is 14.8 Å². The summed E-state index contributed by atoms with van der Waals surface area (Å²) < 4.78 is 27.9. The number of hydrogen-bond acceptors (Lipinski definition) is 5. The minimum atomic E-state index is -3.86. The topological polar surface area (TPSA) is 110 Å². The van der Waals surface area contributed by atoms with Gasteiger partial charge in [-0.1, -0.05) is 23.8 Å². The monoisotopic (exact) mass is 417 g/mol. The summed E-state index contributed by atoms with van der Waals surface area (Å²) >= 11 is 0. The van der Waals surface area contributed by atoms with Crippen molar-refractivity contribution in [1.29, 1.82) is 0 Å². The molecule has 2 aromatic rings. The van der Waals surface area contributed by atoms with E-state index in [1.54, 1.807) is 13.8 Å². The van der Waals surface area contributed by atoms with Crippen LogP contribution in [0.1, 0.15) is 29.5 Å². The molecule has 1 N–H and O–H groups in total. The number of benzene rings is 2. The largest absolute Gasteiger partial charge is 0.324 e. The highest BCUT2D eigenvalue weighted by molar-refractivity contribution is 7.89. The number of rotatable bonds is 5. The van der Waals surface area contributed by atoms with Crippen molar-refractivity contribution in [3.8, 4) is 0 Å². The molecular formula is C20H23N3O5S. The molecule has 1 aliphatic heterocycles. The van der Waals surface area contributed by atoms with Gasteiger partial charge in [0.25, 0.3) is 5.69 Å². The maximum Gasteiger partial charge on any atom is 0.271 e. The molecule has 0 radical (unpaired) electrons. The molecule has 0 saturated carbocycles. The van der Waals surface area contributed by atoms with Crippen molar-refractivity contribution in [2.24, 2.45) is 0 Å². The van der Waals surface area contributed by atoms with Gasteiger partial charge in [0.2, 0.25) is 15.9 Å². The molecule has 1 unspecified atom stereocenters. The molecule has 1 heterocycles. The Kier molecular flexibility index (Phi) is 5.72. The van der Waals surface area contributed by atoms with E-state index >= 15 is 0 Å². The van der Waals surface area contributed by atoms with Gasteiger partial charge >= 0.3 is 0 Å². The smallest absolute Gasteiger partial charge is 0.271 e. The van der Waals surface area contributed by atoms with Gasteiger partial charge in [-0.05, 0) is 50.8 Å². The van der Waals surface area contributed by atoms with Gasteiger partial charge in [-0.2, -0.15) is 4.31 Å². The number of anilines is 1. The lowest BCUT2D eigenvalue weighted by Crippen LogP contribution is -2.43. The van der Waals surface area contributed by atoms with Crippen molar-refractivity contribution < 1.29 is 18.1 Å². The molecule has 0 spiro atoms. The third-order valence-corrected chi connectivity index (χ3v) is 7.22. The van der Waals surface area contributed by atoms with Gasteiger partial charge in [0.15, 0.2) is 0 Å². The second kappa shape index (κ2) is 7.92. The predicted octanol–water partition coefficient (Wildman–Crippen LogP) is 3.31. The fraction of sp³-hybridized carbons (Fsp3) is 0.350. The molecule has 1 fully saturated rings. The summed E-state index contributed by atoms with van der Waals surface area (Å²) in [4.78, 5) is 23.4. The summed E-state index contributed by atoms with van der Waals surface area (Å²) in [5, 5.41) is 13.6. The quantitative estimate of drug-likeness (QED) is 0.593. The first-order chi connectivity index (χ1) is 13.6. The standard InChI is InChI=1S/C20H23N3O5S/c1-13-10-14(2)19(15(3)11-13)29(27,28)22-9-5-8-18(22)20(24)21-16-6-4-7-17(12-16)23(25)26/h4,6-7,10-12,18H,5,8-9H2,1-3H3,(H,21,24).